The zero-order valence-electron chi connectivity index (χ0n) is 12.5. The summed E-state index contributed by atoms with van der Waals surface area (Å²) in [5.74, 6) is -0.286. The average molecular weight is 327 g/mol. The molecule has 1 unspecified atom stereocenters. The Morgan fingerprint density at radius 2 is 2.08 bits per heavy atom. The van der Waals surface area contributed by atoms with Crippen LogP contribution in [0.1, 0.15) is 22.0 Å². The Kier molecular flexibility index (Phi) is 4.57. The van der Waals surface area contributed by atoms with E-state index < -0.39 is 6.10 Å². The molecule has 0 aliphatic rings. The Morgan fingerprint density at radius 3 is 2.79 bits per heavy atom. The van der Waals surface area contributed by atoms with Crippen LogP contribution in [0.4, 0.5) is 4.39 Å². The average Bonchev–Trinajstić information content (AvgIpc) is 3.15. The van der Waals surface area contributed by atoms with Gasteiger partial charge in [0.25, 0.3) is 5.91 Å². The number of aliphatic hydroxyl groups is 1. The van der Waals surface area contributed by atoms with Gasteiger partial charge in [-0.3, -0.25) is 4.79 Å². The van der Waals surface area contributed by atoms with Crippen LogP contribution in [0.5, 0.6) is 0 Å². The summed E-state index contributed by atoms with van der Waals surface area (Å²) in [6.45, 7) is 0.00540. The standard InChI is InChI=1S/C16H14FN5O2/c17-13-3-1-11(2-4-13)14(23)8-20-16(24)12-5-6-19-15(7-12)22-10-18-9-21-22/h1-7,9-10,14,23H,8H2,(H,20,24). The second kappa shape index (κ2) is 6.97. The van der Waals surface area contributed by atoms with Crippen LogP contribution in [0.25, 0.3) is 5.82 Å². The fourth-order valence-corrected chi connectivity index (χ4v) is 2.11. The number of hydrogen-bond acceptors (Lipinski definition) is 5. The highest BCUT2D eigenvalue weighted by molar-refractivity contribution is 5.94. The van der Waals surface area contributed by atoms with Crippen LogP contribution in [-0.2, 0) is 0 Å². The molecular weight excluding hydrogens is 313 g/mol. The van der Waals surface area contributed by atoms with E-state index in [4.69, 9.17) is 0 Å². The first-order valence-corrected chi connectivity index (χ1v) is 7.16. The first-order valence-electron chi connectivity index (χ1n) is 7.16. The number of halogens is 1. The third-order valence-corrected chi connectivity index (χ3v) is 3.37. The Morgan fingerprint density at radius 1 is 1.29 bits per heavy atom. The van der Waals surface area contributed by atoms with Crippen LogP contribution in [0, 0.1) is 5.82 Å². The number of aliphatic hydroxyl groups excluding tert-OH is 1. The maximum atomic E-state index is 12.9. The van der Waals surface area contributed by atoms with E-state index in [0.717, 1.165) is 0 Å². The summed E-state index contributed by atoms with van der Waals surface area (Å²) in [5.41, 5.74) is 0.900. The zero-order valence-corrected chi connectivity index (χ0v) is 12.5. The van der Waals surface area contributed by atoms with Gasteiger partial charge in [0.1, 0.15) is 18.5 Å². The molecule has 0 bridgehead atoms. The quantitative estimate of drug-likeness (QED) is 0.736. The van der Waals surface area contributed by atoms with Crippen molar-refractivity contribution in [2.24, 2.45) is 0 Å². The lowest BCUT2D eigenvalue weighted by molar-refractivity contribution is 0.0916. The van der Waals surface area contributed by atoms with Gasteiger partial charge in [-0.05, 0) is 29.8 Å². The second-order valence-electron chi connectivity index (χ2n) is 5.02. The predicted molar refractivity (Wildman–Crippen MR) is 82.8 cm³/mol. The summed E-state index contributed by atoms with van der Waals surface area (Å²) < 4.78 is 14.3. The van der Waals surface area contributed by atoms with Gasteiger partial charge in [0.15, 0.2) is 5.82 Å². The van der Waals surface area contributed by atoms with Gasteiger partial charge >= 0.3 is 0 Å². The van der Waals surface area contributed by atoms with Crippen molar-refractivity contribution in [3.63, 3.8) is 0 Å². The molecule has 2 N–H and O–H groups in total. The number of nitrogens with zero attached hydrogens (tertiary/aromatic N) is 4. The molecule has 0 spiro atoms. The van der Waals surface area contributed by atoms with Crippen molar-refractivity contribution in [3.05, 3.63) is 72.2 Å². The third kappa shape index (κ3) is 3.61. The number of carbonyl (C=O) groups is 1. The highest BCUT2D eigenvalue weighted by Gasteiger charge is 2.12. The summed E-state index contributed by atoms with van der Waals surface area (Å²) >= 11 is 0. The minimum Gasteiger partial charge on any atom is -0.387 e. The maximum absolute atomic E-state index is 12.9. The summed E-state index contributed by atoms with van der Waals surface area (Å²) in [5, 5.41) is 16.6. The number of aromatic nitrogens is 4. The predicted octanol–water partition coefficient (Wildman–Crippen LogP) is 1.26. The Labute approximate surface area is 136 Å². The van der Waals surface area contributed by atoms with Crippen molar-refractivity contribution in [1.82, 2.24) is 25.1 Å². The normalized spacial score (nSPS) is 11.9. The minimum atomic E-state index is -0.925. The van der Waals surface area contributed by atoms with Gasteiger partial charge in [0.05, 0.1) is 6.10 Å². The van der Waals surface area contributed by atoms with E-state index in [-0.39, 0.29) is 18.3 Å². The first kappa shape index (κ1) is 15.8. The molecule has 7 nitrogen and oxygen atoms in total. The second-order valence-corrected chi connectivity index (χ2v) is 5.02. The van der Waals surface area contributed by atoms with Crippen molar-refractivity contribution in [2.75, 3.05) is 6.54 Å². The van der Waals surface area contributed by atoms with Crippen molar-refractivity contribution in [3.8, 4) is 5.82 Å². The Hall–Kier alpha value is -3.13. The summed E-state index contributed by atoms with van der Waals surface area (Å²) in [6, 6.07) is 8.58. The van der Waals surface area contributed by atoms with Crippen molar-refractivity contribution in [2.45, 2.75) is 6.10 Å². The molecule has 2 aromatic heterocycles. The fourth-order valence-electron chi connectivity index (χ4n) is 2.11. The lowest BCUT2D eigenvalue weighted by Crippen LogP contribution is -2.28. The largest absolute Gasteiger partial charge is 0.387 e. The summed E-state index contributed by atoms with van der Waals surface area (Å²) in [6.07, 6.45) is 3.41. The van der Waals surface area contributed by atoms with Crippen molar-refractivity contribution in [1.29, 1.82) is 0 Å². The van der Waals surface area contributed by atoms with Crippen LogP contribution >= 0.6 is 0 Å². The first-order chi connectivity index (χ1) is 11.6. The van der Waals surface area contributed by atoms with Crippen LogP contribution in [0.15, 0.2) is 55.2 Å². The van der Waals surface area contributed by atoms with Gasteiger partial charge in [-0.15, -0.1) is 0 Å². The molecular formula is C16H14FN5O2. The molecule has 0 aliphatic heterocycles. The van der Waals surface area contributed by atoms with Crippen LogP contribution in [0.2, 0.25) is 0 Å². The smallest absolute Gasteiger partial charge is 0.251 e. The summed E-state index contributed by atoms with van der Waals surface area (Å²) in [4.78, 5) is 20.1. The SMILES string of the molecule is O=C(NCC(O)c1ccc(F)cc1)c1ccnc(-n2cncn2)c1. The molecule has 0 aliphatic carbocycles. The molecule has 3 aromatic rings. The molecule has 1 amide bonds. The topological polar surface area (TPSA) is 92.9 Å². The van der Waals surface area contributed by atoms with Gasteiger partial charge in [-0.1, -0.05) is 12.1 Å². The molecule has 2 heterocycles. The van der Waals surface area contributed by atoms with Gasteiger partial charge in [0, 0.05) is 18.3 Å². The van der Waals surface area contributed by atoms with Gasteiger partial charge < -0.3 is 10.4 Å². The monoisotopic (exact) mass is 327 g/mol. The van der Waals surface area contributed by atoms with Crippen LogP contribution in [0.3, 0.4) is 0 Å². The van der Waals surface area contributed by atoms with E-state index >= 15 is 0 Å². The maximum Gasteiger partial charge on any atom is 0.251 e. The molecule has 24 heavy (non-hydrogen) atoms. The number of nitrogens with one attached hydrogen (secondary N) is 1. The van der Waals surface area contributed by atoms with Crippen molar-refractivity contribution < 1.29 is 14.3 Å². The van der Waals surface area contributed by atoms with Gasteiger partial charge in [0.2, 0.25) is 0 Å². The van der Waals surface area contributed by atoms with E-state index in [0.29, 0.717) is 16.9 Å². The molecule has 122 valence electrons. The van der Waals surface area contributed by atoms with Gasteiger partial charge in [-0.25, -0.2) is 19.0 Å². The zero-order chi connectivity index (χ0) is 16.9. The summed E-state index contributed by atoms with van der Waals surface area (Å²) in [7, 11) is 0. The highest BCUT2D eigenvalue weighted by Crippen LogP contribution is 2.13. The van der Waals surface area contributed by atoms with Crippen LogP contribution < -0.4 is 5.32 Å². The molecule has 0 saturated carbocycles. The Balaban J connectivity index is 1.65. The van der Waals surface area contributed by atoms with E-state index in [2.05, 4.69) is 20.4 Å². The molecule has 0 radical (unpaired) electrons. The number of pyridine rings is 1. The number of rotatable bonds is 5. The van der Waals surface area contributed by atoms with Crippen LogP contribution in [-0.4, -0.2) is 37.3 Å². The molecule has 0 saturated heterocycles. The third-order valence-electron chi connectivity index (χ3n) is 3.37. The highest BCUT2D eigenvalue weighted by atomic mass is 19.1. The number of hydrogen-bond donors (Lipinski definition) is 2. The van der Waals surface area contributed by atoms with E-state index in [1.54, 1.807) is 12.1 Å². The number of amides is 1. The van der Waals surface area contributed by atoms with E-state index in [1.165, 1.54) is 47.8 Å². The lowest BCUT2D eigenvalue weighted by atomic mass is 10.1. The minimum absolute atomic E-state index is 0.00540. The van der Waals surface area contributed by atoms with Crippen molar-refractivity contribution >= 4 is 5.91 Å². The number of carbonyl (C=O) groups excluding carboxylic acids is 1. The molecule has 1 aromatic carbocycles. The van der Waals surface area contributed by atoms with E-state index in [1.807, 2.05) is 0 Å². The van der Waals surface area contributed by atoms with E-state index in [9.17, 15) is 14.3 Å². The Bertz CT molecular complexity index is 821. The molecule has 3 rings (SSSR count). The molecule has 0 fully saturated rings. The van der Waals surface area contributed by atoms with Gasteiger partial charge in [-0.2, -0.15) is 5.10 Å². The number of benzene rings is 1. The molecule has 1 atom stereocenters. The lowest BCUT2D eigenvalue weighted by Gasteiger charge is -2.12. The fraction of sp³-hybridized carbons (Fsp3) is 0.125. The molecule has 8 heteroatoms.